The molecule has 1 unspecified atom stereocenters. The average Bonchev–Trinajstić information content (AvgIpc) is 2.68. The van der Waals surface area contributed by atoms with E-state index in [4.69, 9.17) is 9.47 Å². The normalized spacial score (nSPS) is 20.7. The quantitative estimate of drug-likeness (QED) is 0.749. The molecular weight excluding hydrogens is 346 g/mol. The van der Waals surface area contributed by atoms with E-state index in [1.165, 1.54) is 13.5 Å². The average molecular weight is 373 g/mol. The number of hydrogen-bond donors (Lipinski definition) is 2. The molecule has 146 valence electrons. The van der Waals surface area contributed by atoms with E-state index in [9.17, 15) is 9.59 Å². The fourth-order valence-electron chi connectivity index (χ4n) is 3.67. The molecule has 1 aromatic carbocycles. The van der Waals surface area contributed by atoms with Gasteiger partial charge in [0.25, 0.3) is 0 Å². The van der Waals surface area contributed by atoms with E-state index in [1.54, 1.807) is 0 Å². The Labute approximate surface area is 159 Å². The van der Waals surface area contributed by atoms with Gasteiger partial charge in [-0.05, 0) is 38.9 Å². The van der Waals surface area contributed by atoms with Crippen LogP contribution in [-0.2, 0) is 9.53 Å². The van der Waals surface area contributed by atoms with Crippen LogP contribution in [0.25, 0.3) is 0 Å². The molecule has 2 aliphatic rings. The Kier molecular flexibility index (Phi) is 6.34. The molecule has 1 aromatic rings. The highest BCUT2D eigenvalue weighted by Gasteiger charge is 2.35. The summed E-state index contributed by atoms with van der Waals surface area (Å²) in [4.78, 5) is 27.3. The van der Waals surface area contributed by atoms with Crippen molar-refractivity contribution in [3.05, 3.63) is 41.1 Å². The number of methoxy groups -OCH3 is 1. The second-order valence-corrected chi connectivity index (χ2v) is 6.72. The van der Waals surface area contributed by atoms with Crippen molar-refractivity contribution in [2.45, 2.75) is 32.2 Å². The summed E-state index contributed by atoms with van der Waals surface area (Å²) in [7, 11) is 1.36. The van der Waals surface area contributed by atoms with Crippen LogP contribution in [0.15, 0.2) is 35.5 Å². The zero-order valence-electron chi connectivity index (χ0n) is 15.9. The summed E-state index contributed by atoms with van der Waals surface area (Å²) in [6.07, 6.45) is 3.48. The summed E-state index contributed by atoms with van der Waals surface area (Å²) in [6, 6.07) is 6.49. The van der Waals surface area contributed by atoms with E-state index < -0.39 is 12.0 Å². The van der Waals surface area contributed by atoms with Gasteiger partial charge in [0.2, 0.25) is 0 Å². The molecule has 0 aromatic heterocycles. The van der Waals surface area contributed by atoms with Gasteiger partial charge >= 0.3 is 12.0 Å². The molecule has 7 heteroatoms. The molecule has 3 rings (SSSR count). The topological polar surface area (TPSA) is 79.9 Å². The highest BCUT2D eigenvalue weighted by atomic mass is 16.5. The van der Waals surface area contributed by atoms with Gasteiger partial charge < -0.3 is 20.1 Å². The number of urea groups is 1. The van der Waals surface area contributed by atoms with Crippen molar-refractivity contribution in [2.24, 2.45) is 0 Å². The van der Waals surface area contributed by atoms with Gasteiger partial charge in [0.1, 0.15) is 5.75 Å². The molecule has 2 N–H and O–H groups in total. The summed E-state index contributed by atoms with van der Waals surface area (Å²) >= 11 is 0. The van der Waals surface area contributed by atoms with Crippen molar-refractivity contribution >= 4 is 12.0 Å². The molecule has 1 atom stereocenters. The van der Waals surface area contributed by atoms with Gasteiger partial charge in [-0.15, -0.1) is 0 Å². The Morgan fingerprint density at radius 3 is 2.67 bits per heavy atom. The Hall–Kier alpha value is -2.54. The van der Waals surface area contributed by atoms with Gasteiger partial charge in [-0.25, -0.2) is 9.59 Å². The van der Waals surface area contributed by atoms with Crippen molar-refractivity contribution in [3.63, 3.8) is 0 Å². The minimum Gasteiger partial charge on any atom is -0.494 e. The molecule has 0 radical (unpaired) electrons. The number of ether oxygens (including phenoxy) is 2. The van der Waals surface area contributed by atoms with Crippen LogP contribution in [-0.4, -0.2) is 50.3 Å². The molecule has 0 spiro atoms. The molecule has 2 amide bonds. The van der Waals surface area contributed by atoms with Crippen LogP contribution in [0.2, 0.25) is 0 Å². The first-order chi connectivity index (χ1) is 13.1. The van der Waals surface area contributed by atoms with Crippen molar-refractivity contribution in [3.8, 4) is 5.75 Å². The second kappa shape index (κ2) is 8.90. The molecule has 2 heterocycles. The standard InChI is InChI=1S/C20H27N3O4/c1-3-27-16-10-6-5-9-14(16)18-17(19(24)26-2)15(21-20(25)22-18)13-23-11-7-4-8-12-23/h5-6,9-10,18H,3-4,7-8,11-13H2,1-2H3,(H2,21,22,25). The van der Waals surface area contributed by atoms with Crippen molar-refractivity contribution in [2.75, 3.05) is 33.4 Å². The van der Waals surface area contributed by atoms with E-state index >= 15 is 0 Å². The second-order valence-electron chi connectivity index (χ2n) is 6.72. The molecule has 7 nitrogen and oxygen atoms in total. The van der Waals surface area contributed by atoms with Crippen molar-refractivity contribution < 1.29 is 19.1 Å². The molecule has 1 saturated heterocycles. The van der Waals surface area contributed by atoms with Crippen LogP contribution >= 0.6 is 0 Å². The zero-order chi connectivity index (χ0) is 19.2. The first-order valence-electron chi connectivity index (χ1n) is 9.47. The number of esters is 1. The lowest BCUT2D eigenvalue weighted by Gasteiger charge is -2.33. The zero-order valence-corrected chi connectivity index (χ0v) is 15.9. The molecule has 0 saturated carbocycles. The largest absolute Gasteiger partial charge is 0.494 e. The third-order valence-corrected chi connectivity index (χ3v) is 4.92. The lowest BCUT2D eigenvalue weighted by atomic mass is 9.94. The summed E-state index contributed by atoms with van der Waals surface area (Å²) in [6.45, 7) is 4.83. The fourth-order valence-corrected chi connectivity index (χ4v) is 3.67. The van der Waals surface area contributed by atoms with Crippen LogP contribution in [0.4, 0.5) is 4.79 Å². The van der Waals surface area contributed by atoms with Gasteiger partial charge in [-0.3, -0.25) is 4.90 Å². The number of piperidine rings is 1. The number of nitrogens with one attached hydrogen (secondary N) is 2. The third-order valence-electron chi connectivity index (χ3n) is 4.92. The summed E-state index contributed by atoms with van der Waals surface area (Å²) < 4.78 is 10.8. The van der Waals surface area contributed by atoms with Crippen LogP contribution in [0.1, 0.15) is 37.8 Å². The maximum absolute atomic E-state index is 12.6. The van der Waals surface area contributed by atoms with E-state index in [0.717, 1.165) is 31.5 Å². The number of nitrogens with zero attached hydrogens (tertiary/aromatic N) is 1. The number of para-hydroxylation sites is 1. The van der Waals surface area contributed by atoms with E-state index in [-0.39, 0.29) is 6.03 Å². The number of carbonyl (C=O) groups excluding carboxylic acids is 2. The summed E-state index contributed by atoms with van der Waals surface area (Å²) in [5, 5.41) is 5.68. The van der Waals surface area contributed by atoms with Crippen LogP contribution in [0.5, 0.6) is 5.75 Å². The monoisotopic (exact) mass is 373 g/mol. The fraction of sp³-hybridized carbons (Fsp3) is 0.500. The third kappa shape index (κ3) is 4.42. The maximum Gasteiger partial charge on any atom is 0.338 e. The smallest absolute Gasteiger partial charge is 0.338 e. The Morgan fingerprint density at radius 1 is 1.22 bits per heavy atom. The highest BCUT2D eigenvalue weighted by molar-refractivity contribution is 5.95. The van der Waals surface area contributed by atoms with Crippen molar-refractivity contribution in [1.29, 1.82) is 0 Å². The van der Waals surface area contributed by atoms with Gasteiger partial charge in [0.15, 0.2) is 0 Å². The molecule has 0 bridgehead atoms. The number of rotatable bonds is 6. The lowest BCUT2D eigenvalue weighted by molar-refractivity contribution is -0.136. The number of likely N-dealkylation sites (tertiary alicyclic amines) is 1. The number of hydrogen-bond acceptors (Lipinski definition) is 5. The predicted molar refractivity (Wildman–Crippen MR) is 101 cm³/mol. The van der Waals surface area contributed by atoms with E-state index in [0.29, 0.717) is 30.2 Å². The summed E-state index contributed by atoms with van der Waals surface area (Å²) in [5.41, 5.74) is 1.77. The summed E-state index contributed by atoms with van der Waals surface area (Å²) in [5.74, 6) is 0.191. The predicted octanol–water partition coefficient (Wildman–Crippen LogP) is 2.35. The molecule has 0 aliphatic carbocycles. The number of amides is 2. The van der Waals surface area contributed by atoms with Crippen molar-refractivity contribution in [1.82, 2.24) is 15.5 Å². The van der Waals surface area contributed by atoms with Crippen LogP contribution < -0.4 is 15.4 Å². The number of carbonyl (C=O) groups is 2. The Bertz CT molecular complexity index is 726. The van der Waals surface area contributed by atoms with Gasteiger partial charge in [-0.2, -0.15) is 0 Å². The highest BCUT2D eigenvalue weighted by Crippen LogP contribution is 2.34. The molecular formula is C20H27N3O4. The van der Waals surface area contributed by atoms with Crippen LogP contribution in [0, 0.1) is 0 Å². The first kappa shape index (κ1) is 19.2. The molecule has 27 heavy (non-hydrogen) atoms. The van der Waals surface area contributed by atoms with Gasteiger partial charge in [0, 0.05) is 17.8 Å². The first-order valence-corrected chi connectivity index (χ1v) is 9.47. The Balaban J connectivity index is 2.01. The molecule has 1 fully saturated rings. The maximum atomic E-state index is 12.6. The molecule has 2 aliphatic heterocycles. The van der Waals surface area contributed by atoms with Crippen LogP contribution in [0.3, 0.4) is 0 Å². The SMILES string of the molecule is CCOc1ccccc1C1NC(=O)NC(CN2CCCCC2)=C1C(=O)OC. The van der Waals surface area contributed by atoms with E-state index in [2.05, 4.69) is 15.5 Å². The van der Waals surface area contributed by atoms with E-state index in [1.807, 2.05) is 31.2 Å². The Morgan fingerprint density at radius 2 is 1.96 bits per heavy atom. The minimum absolute atomic E-state index is 0.328. The minimum atomic E-state index is -0.617. The number of benzene rings is 1. The lowest BCUT2D eigenvalue weighted by Crippen LogP contribution is -2.49. The van der Waals surface area contributed by atoms with Gasteiger partial charge in [-0.1, -0.05) is 24.6 Å². The van der Waals surface area contributed by atoms with Gasteiger partial charge in [0.05, 0.1) is 25.3 Å².